The fraction of sp³-hybridized carbons (Fsp3) is 0.545. The molecule has 1 aliphatic rings. The molecule has 0 spiro atoms. The molecule has 1 unspecified atom stereocenters. The van der Waals surface area contributed by atoms with Crippen LogP contribution in [0.3, 0.4) is 0 Å². The average Bonchev–Trinajstić information content (AvgIpc) is 3.36. The lowest BCUT2D eigenvalue weighted by molar-refractivity contribution is -0.131. The number of amides is 2. The summed E-state index contributed by atoms with van der Waals surface area (Å²) in [7, 11) is 1.80. The first-order valence-electron chi connectivity index (χ1n) is 10.5. The molecule has 3 rings (SSSR count). The summed E-state index contributed by atoms with van der Waals surface area (Å²) in [5, 5.41) is 5.57. The number of carbonyl (C=O) groups is 1. The second-order valence-corrected chi connectivity index (χ2v) is 8.00. The van der Waals surface area contributed by atoms with Gasteiger partial charge in [0.1, 0.15) is 5.69 Å². The Bertz CT molecular complexity index is 915. The largest absolute Gasteiger partial charge is 0.350 e. The molecule has 1 saturated heterocycles. The zero-order valence-corrected chi connectivity index (χ0v) is 18.2. The molecule has 8 heteroatoms. The van der Waals surface area contributed by atoms with Crippen LogP contribution >= 0.6 is 0 Å². The Morgan fingerprint density at radius 3 is 2.53 bits per heavy atom. The molecule has 0 bridgehead atoms. The van der Waals surface area contributed by atoms with Crippen molar-refractivity contribution >= 4 is 11.7 Å². The lowest BCUT2D eigenvalue weighted by atomic mass is 9.82. The molecule has 2 heterocycles. The standard InChI is InChI=1S/C22H32N4O4/c1-5-22(3,20-29-14-15-30-20)12-9-13-23-21(28)24-18-16(2)25(4)26(19(18)27)17-10-7-6-8-11-17/h6-8,10-11,20H,5,9,12-15H2,1-4H3,(H2,23,24,28). The van der Waals surface area contributed by atoms with Crippen LogP contribution in [0.25, 0.3) is 5.69 Å². The number of carbonyl (C=O) groups excluding carboxylic acids is 1. The SMILES string of the molecule is CCC(C)(CCCNC(=O)Nc1c(C)n(C)n(-c2ccccc2)c1=O)C1OCCO1. The number of para-hydroxylation sites is 1. The Balaban J connectivity index is 1.57. The van der Waals surface area contributed by atoms with Crippen molar-refractivity contribution < 1.29 is 14.3 Å². The van der Waals surface area contributed by atoms with Gasteiger partial charge >= 0.3 is 6.03 Å². The summed E-state index contributed by atoms with van der Waals surface area (Å²) in [4.78, 5) is 25.3. The van der Waals surface area contributed by atoms with Crippen LogP contribution in [0.2, 0.25) is 0 Å². The number of nitrogens with one attached hydrogen (secondary N) is 2. The van der Waals surface area contributed by atoms with Crippen LogP contribution in [0.1, 0.15) is 38.8 Å². The van der Waals surface area contributed by atoms with Crippen LogP contribution in [-0.4, -0.2) is 41.4 Å². The minimum atomic E-state index is -0.382. The number of hydrogen-bond acceptors (Lipinski definition) is 4. The maximum atomic E-state index is 12.9. The number of nitrogens with zero attached hydrogens (tertiary/aromatic N) is 2. The Kier molecular flexibility index (Phi) is 6.99. The molecule has 2 amide bonds. The van der Waals surface area contributed by atoms with Gasteiger partial charge in [-0.3, -0.25) is 9.48 Å². The van der Waals surface area contributed by atoms with E-state index in [1.165, 1.54) is 0 Å². The molecule has 30 heavy (non-hydrogen) atoms. The van der Waals surface area contributed by atoms with E-state index in [1.54, 1.807) is 16.4 Å². The highest BCUT2D eigenvalue weighted by molar-refractivity contribution is 5.89. The van der Waals surface area contributed by atoms with Crippen LogP contribution in [0.15, 0.2) is 35.1 Å². The second-order valence-electron chi connectivity index (χ2n) is 8.00. The Morgan fingerprint density at radius 2 is 1.90 bits per heavy atom. The lowest BCUT2D eigenvalue weighted by Crippen LogP contribution is -2.35. The normalized spacial score (nSPS) is 16.4. The number of aromatic nitrogens is 2. The van der Waals surface area contributed by atoms with Gasteiger partial charge in [-0.1, -0.05) is 32.0 Å². The molecule has 164 valence electrons. The first-order valence-corrected chi connectivity index (χ1v) is 10.5. The molecule has 1 aromatic carbocycles. The van der Waals surface area contributed by atoms with E-state index in [0.717, 1.165) is 24.9 Å². The van der Waals surface area contributed by atoms with Crippen molar-refractivity contribution in [3.8, 4) is 5.69 Å². The molecule has 2 aromatic rings. The van der Waals surface area contributed by atoms with Gasteiger partial charge in [0, 0.05) is 19.0 Å². The number of urea groups is 1. The third-order valence-electron chi connectivity index (χ3n) is 6.00. The summed E-state index contributed by atoms with van der Waals surface area (Å²) in [6.07, 6.45) is 2.43. The van der Waals surface area contributed by atoms with Gasteiger partial charge in [-0.15, -0.1) is 0 Å². The van der Waals surface area contributed by atoms with Crippen molar-refractivity contribution in [2.45, 2.75) is 46.3 Å². The molecule has 8 nitrogen and oxygen atoms in total. The number of ether oxygens (including phenoxy) is 2. The maximum Gasteiger partial charge on any atom is 0.319 e. The fourth-order valence-electron chi connectivity index (χ4n) is 3.79. The van der Waals surface area contributed by atoms with Crippen LogP contribution in [0.4, 0.5) is 10.5 Å². The van der Waals surface area contributed by atoms with Crippen molar-refractivity contribution in [1.29, 1.82) is 0 Å². The molecule has 1 aromatic heterocycles. The fourth-order valence-corrected chi connectivity index (χ4v) is 3.79. The molecule has 1 atom stereocenters. The lowest BCUT2D eigenvalue weighted by Gasteiger charge is -2.33. The van der Waals surface area contributed by atoms with Gasteiger partial charge in [0.15, 0.2) is 6.29 Å². The quantitative estimate of drug-likeness (QED) is 0.647. The zero-order chi connectivity index (χ0) is 21.7. The summed E-state index contributed by atoms with van der Waals surface area (Å²) in [5.74, 6) is 0. The van der Waals surface area contributed by atoms with Crippen molar-refractivity contribution in [3.63, 3.8) is 0 Å². The van der Waals surface area contributed by atoms with Gasteiger partial charge in [-0.25, -0.2) is 9.48 Å². The van der Waals surface area contributed by atoms with Gasteiger partial charge in [0.2, 0.25) is 0 Å². The molecule has 1 aliphatic heterocycles. The topological polar surface area (TPSA) is 86.5 Å². The summed E-state index contributed by atoms with van der Waals surface area (Å²) < 4.78 is 14.6. The highest BCUT2D eigenvalue weighted by Gasteiger charge is 2.36. The van der Waals surface area contributed by atoms with Crippen LogP contribution in [0, 0.1) is 12.3 Å². The van der Waals surface area contributed by atoms with E-state index >= 15 is 0 Å². The van der Waals surface area contributed by atoms with E-state index < -0.39 is 0 Å². The minimum Gasteiger partial charge on any atom is -0.350 e. The molecule has 0 saturated carbocycles. The van der Waals surface area contributed by atoms with Crippen LogP contribution in [0.5, 0.6) is 0 Å². The molecule has 0 radical (unpaired) electrons. The van der Waals surface area contributed by atoms with Gasteiger partial charge in [-0.05, 0) is 38.3 Å². The number of rotatable bonds is 8. The Morgan fingerprint density at radius 1 is 1.23 bits per heavy atom. The first-order chi connectivity index (χ1) is 14.4. The van der Waals surface area contributed by atoms with Crippen molar-refractivity contribution in [3.05, 3.63) is 46.4 Å². The number of benzene rings is 1. The third kappa shape index (κ3) is 4.60. The molecular formula is C22H32N4O4. The molecule has 2 N–H and O–H groups in total. The summed E-state index contributed by atoms with van der Waals surface area (Å²) in [6.45, 7) is 7.87. The van der Waals surface area contributed by atoms with Crippen LogP contribution in [-0.2, 0) is 16.5 Å². The van der Waals surface area contributed by atoms with E-state index in [2.05, 4.69) is 24.5 Å². The Hall–Kier alpha value is -2.58. The van der Waals surface area contributed by atoms with E-state index in [4.69, 9.17) is 9.47 Å². The Labute approximate surface area is 177 Å². The number of hydrogen-bond donors (Lipinski definition) is 2. The van der Waals surface area contributed by atoms with E-state index in [0.29, 0.717) is 25.5 Å². The maximum absolute atomic E-state index is 12.9. The van der Waals surface area contributed by atoms with Gasteiger partial charge in [-0.2, -0.15) is 0 Å². The molecule has 0 aliphatic carbocycles. The van der Waals surface area contributed by atoms with Gasteiger partial charge in [0.05, 0.1) is 24.6 Å². The van der Waals surface area contributed by atoms with Crippen molar-refractivity contribution in [2.75, 3.05) is 25.1 Å². The average molecular weight is 417 g/mol. The molecular weight excluding hydrogens is 384 g/mol. The summed E-state index contributed by atoms with van der Waals surface area (Å²) in [6, 6.07) is 8.96. The van der Waals surface area contributed by atoms with E-state index in [9.17, 15) is 9.59 Å². The van der Waals surface area contributed by atoms with Gasteiger partial charge < -0.3 is 20.1 Å². The number of anilines is 1. The zero-order valence-electron chi connectivity index (χ0n) is 18.2. The van der Waals surface area contributed by atoms with E-state index in [1.807, 2.05) is 37.3 Å². The predicted molar refractivity (Wildman–Crippen MR) is 116 cm³/mol. The highest BCUT2D eigenvalue weighted by atomic mass is 16.7. The first kappa shape index (κ1) is 22.1. The van der Waals surface area contributed by atoms with Crippen molar-refractivity contribution in [2.24, 2.45) is 12.5 Å². The third-order valence-corrected chi connectivity index (χ3v) is 6.00. The minimum absolute atomic E-state index is 0.0753. The van der Waals surface area contributed by atoms with E-state index in [-0.39, 0.29) is 29.0 Å². The molecule has 1 fully saturated rings. The summed E-state index contributed by atoms with van der Waals surface area (Å²) in [5.41, 5.74) is 1.38. The van der Waals surface area contributed by atoms with Crippen molar-refractivity contribution in [1.82, 2.24) is 14.7 Å². The van der Waals surface area contributed by atoms with Crippen LogP contribution < -0.4 is 16.2 Å². The highest BCUT2D eigenvalue weighted by Crippen LogP contribution is 2.35. The second kappa shape index (κ2) is 9.49. The smallest absolute Gasteiger partial charge is 0.319 e. The monoisotopic (exact) mass is 416 g/mol. The summed E-state index contributed by atoms with van der Waals surface area (Å²) >= 11 is 0. The predicted octanol–water partition coefficient (Wildman–Crippen LogP) is 3.18. The van der Waals surface area contributed by atoms with Gasteiger partial charge in [0.25, 0.3) is 5.56 Å².